The minimum absolute atomic E-state index is 0.699. The fraction of sp³-hybridized carbons (Fsp3) is 0.200. The van der Waals surface area contributed by atoms with Crippen LogP contribution in [0.15, 0.2) is 60.8 Å². The molecule has 3 aromatic rings. The van der Waals surface area contributed by atoms with E-state index in [2.05, 4.69) is 39.5 Å². The van der Waals surface area contributed by atoms with Gasteiger partial charge in [-0.1, -0.05) is 41.9 Å². The van der Waals surface area contributed by atoms with Gasteiger partial charge in [0.15, 0.2) is 0 Å². The van der Waals surface area contributed by atoms with Gasteiger partial charge in [0, 0.05) is 30.0 Å². The van der Waals surface area contributed by atoms with E-state index in [0.717, 1.165) is 41.7 Å². The van der Waals surface area contributed by atoms with Gasteiger partial charge >= 0.3 is 0 Å². The summed E-state index contributed by atoms with van der Waals surface area (Å²) in [7, 11) is 0. The number of aryl methyl sites for hydroxylation is 1. The largest absolute Gasteiger partial charge is 0.366 e. The number of aromatic nitrogens is 2. The fourth-order valence-corrected chi connectivity index (χ4v) is 3.24. The second kappa shape index (κ2) is 7.11. The highest BCUT2D eigenvalue weighted by Gasteiger charge is 2.19. The maximum atomic E-state index is 5.93. The summed E-state index contributed by atoms with van der Waals surface area (Å²) in [5.74, 6) is 1.57. The number of rotatable bonds is 4. The zero-order valence-electron chi connectivity index (χ0n) is 13.8. The smallest absolute Gasteiger partial charge is 0.231 e. The van der Waals surface area contributed by atoms with Gasteiger partial charge in [0.2, 0.25) is 5.95 Å². The number of halogens is 1. The second-order valence-electron chi connectivity index (χ2n) is 6.11. The number of nitrogens with zero attached hydrogens (tertiary/aromatic N) is 3. The van der Waals surface area contributed by atoms with E-state index in [1.54, 1.807) is 0 Å². The van der Waals surface area contributed by atoms with E-state index in [1.807, 2.05) is 36.5 Å². The first kappa shape index (κ1) is 15.9. The number of hydrogen-bond acceptors (Lipinski definition) is 4. The van der Waals surface area contributed by atoms with Gasteiger partial charge in [-0.05, 0) is 48.2 Å². The van der Waals surface area contributed by atoms with Crippen LogP contribution < -0.4 is 10.2 Å². The molecule has 0 atom stereocenters. The number of anilines is 3. The molecule has 0 amide bonds. The van der Waals surface area contributed by atoms with Gasteiger partial charge in [-0.25, -0.2) is 4.98 Å². The molecule has 2 heterocycles. The lowest BCUT2D eigenvalue weighted by atomic mass is 10.0. The molecule has 0 bridgehead atoms. The third-order valence-corrected chi connectivity index (χ3v) is 4.63. The highest BCUT2D eigenvalue weighted by atomic mass is 35.5. The molecule has 0 aliphatic carbocycles. The van der Waals surface area contributed by atoms with Gasteiger partial charge < -0.3 is 10.2 Å². The average molecular weight is 351 g/mol. The van der Waals surface area contributed by atoms with E-state index in [1.165, 1.54) is 11.3 Å². The van der Waals surface area contributed by atoms with Crippen LogP contribution in [0, 0.1) is 0 Å². The highest BCUT2D eigenvalue weighted by Crippen LogP contribution is 2.31. The summed E-state index contributed by atoms with van der Waals surface area (Å²) in [6, 6.07) is 18.2. The van der Waals surface area contributed by atoms with Crippen molar-refractivity contribution in [1.82, 2.24) is 9.97 Å². The molecule has 25 heavy (non-hydrogen) atoms. The lowest BCUT2D eigenvalue weighted by Crippen LogP contribution is -2.26. The summed E-state index contributed by atoms with van der Waals surface area (Å²) < 4.78 is 0. The van der Waals surface area contributed by atoms with Crippen molar-refractivity contribution < 1.29 is 0 Å². The van der Waals surface area contributed by atoms with E-state index >= 15 is 0 Å². The van der Waals surface area contributed by atoms with Crippen LogP contribution in [0.25, 0.3) is 0 Å². The van der Waals surface area contributed by atoms with Crippen LogP contribution in [0.2, 0.25) is 5.02 Å². The molecule has 2 aromatic carbocycles. The topological polar surface area (TPSA) is 41.1 Å². The SMILES string of the molecule is Clc1ccc(CNc2ccnc(N3CCCc4ccccc43)n2)cc1. The first-order valence-electron chi connectivity index (χ1n) is 8.46. The van der Waals surface area contributed by atoms with Gasteiger partial charge in [0.05, 0.1) is 0 Å². The zero-order chi connectivity index (χ0) is 17.1. The van der Waals surface area contributed by atoms with Gasteiger partial charge in [-0.15, -0.1) is 0 Å². The van der Waals surface area contributed by atoms with Crippen LogP contribution in [-0.2, 0) is 13.0 Å². The van der Waals surface area contributed by atoms with Crippen LogP contribution in [0.4, 0.5) is 17.5 Å². The number of benzene rings is 2. The minimum Gasteiger partial charge on any atom is -0.366 e. The maximum Gasteiger partial charge on any atom is 0.231 e. The Hall–Kier alpha value is -2.59. The predicted molar refractivity (Wildman–Crippen MR) is 103 cm³/mol. The molecule has 0 saturated heterocycles. The van der Waals surface area contributed by atoms with Crippen molar-refractivity contribution in [2.24, 2.45) is 0 Å². The molecular formula is C20H19ClN4. The molecule has 4 rings (SSSR count). The van der Waals surface area contributed by atoms with Gasteiger partial charge in [0.25, 0.3) is 0 Å². The summed E-state index contributed by atoms with van der Waals surface area (Å²) in [5.41, 5.74) is 3.73. The molecule has 0 radical (unpaired) electrons. The molecule has 1 aliphatic heterocycles. The number of hydrogen-bond donors (Lipinski definition) is 1. The number of para-hydroxylation sites is 1. The van der Waals surface area contributed by atoms with Gasteiger partial charge in [0.1, 0.15) is 5.82 Å². The first-order chi connectivity index (χ1) is 12.3. The Morgan fingerprint density at radius 3 is 2.76 bits per heavy atom. The Bertz CT molecular complexity index is 864. The van der Waals surface area contributed by atoms with E-state index in [9.17, 15) is 0 Å². The summed E-state index contributed by atoms with van der Waals surface area (Å²) in [6.45, 7) is 1.64. The molecule has 1 aromatic heterocycles. The molecule has 0 fully saturated rings. The summed E-state index contributed by atoms with van der Waals surface area (Å²) in [6.07, 6.45) is 4.04. The number of fused-ring (bicyclic) bond motifs is 1. The predicted octanol–water partition coefficient (Wildman–Crippen LogP) is 4.83. The molecule has 0 spiro atoms. The third-order valence-electron chi connectivity index (χ3n) is 4.38. The first-order valence-corrected chi connectivity index (χ1v) is 8.84. The Labute approximate surface area is 152 Å². The van der Waals surface area contributed by atoms with E-state index < -0.39 is 0 Å². The van der Waals surface area contributed by atoms with Crippen LogP contribution in [0.3, 0.4) is 0 Å². The molecule has 1 N–H and O–H groups in total. The zero-order valence-corrected chi connectivity index (χ0v) is 14.6. The average Bonchev–Trinajstić information content (AvgIpc) is 2.67. The Kier molecular flexibility index (Phi) is 4.53. The quantitative estimate of drug-likeness (QED) is 0.732. The highest BCUT2D eigenvalue weighted by molar-refractivity contribution is 6.30. The molecule has 0 saturated carbocycles. The summed E-state index contributed by atoms with van der Waals surface area (Å²) in [4.78, 5) is 11.4. The van der Waals surface area contributed by atoms with Crippen molar-refractivity contribution in [2.75, 3.05) is 16.8 Å². The molecule has 5 heteroatoms. The molecule has 126 valence electrons. The summed E-state index contributed by atoms with van der Waals surface area (Å²) >= 11 is 5.93. The van der Waals surface area contributed by atoms with E-state index in [0.29, 0.717) is 6.54 Å². The fourth-order valence-electron chi connectivity index (χ4n) is 3.11. The Balaban J connectivity index is 1.53. The van der Waals surface area contributed by atoms with Gasteiger partial charge in [-0.2, -0.15) is 4.98 Å². The lowest BCUT2D eigenvalue weighted by molar-refractivity contribution is 0.750. The number of nitrogens with one attached hydrogen (secondary N) is 1. The van der Waals surface area contributed by atoms with E-state index in [-0.39, 0.29) is 0 Å². The van der Waals surface area contributed by atoms with Crippen molar-refractivity contribution in [3.8, 4) is 0 Å². The standard InChI is InChI=1S/C20H19ClN4/c21-17-9-7-15(8-10-17)14-23-19-11-12-22-20(24-19)25-13-3-5-16-4-1-2-6-18(16)25/h1-2,4,6-12H,3,5,13-14H2,(H,22,23,24). The van der Waals surface area contributed by atoms with Crippen molar-refractivity contribution >= 4 is 29.1 Å². The molecular weight excluding hydrogens is 332 g/mol. The normalized spacial score (nSPS) is 13.4. The third kappa shape index (κ3) is 3.59. The maximum absolute atomic E-state index is 5.93. The van der Waals surface area contributed by atoms with Crippen LogP contribution in [-0.4, -0.2) is 16.5 Å². The molecule has 0 unspecified atom stereocenters. The Morgan fingerprint density at radius 2 is 1.88 bits per heavy atom. The van der Waals surface area contributed by atoms with Crippen molar-refractivity contribution in [3.05, 3.63) is 76.9 Å². The molecule has 1 aliphatic rings. The van der Waals surface area contributed by atoms with Crippen LogP contribution >= 0.6 is 11.6 Å². The van der Waals surface area contributed by atoms with Crippen molar-refractivity contribution in [2.45, 2.75) is 19.4 Å². The lowest BCUT2D eigenvalue weighted by Gasteiger charge is -2.29. The molecule has 4 nitrogen and oxygen atoms in total. The summed E-state index contributed by atoms with van der Waals surface area (Å²) in [5, 5.41) is 4.11. The second-order valence-corrected chi connectivity index (χ2v) is 6.54. The van der Waals surface area contributed by atoms with Crippen molar-refractivity contribution in [3.63, 3.8) is 0 Å². The monoisotopic (exact) mass is 350 g/mol. The van der Waals surface area contributed by atoms with Crippen molar-refractivity contribution in [1.29, 1.82) is 0 Å². The van der Waals surface area contributed by atoms with Crippen LogP contribution in [0.5, 0.6) is 0 Å². The van der Waals surface area contributed by atoms with Gasteiger partial charge in [-0.3, -0.25) is 0 Å². The van der Waals surface area contributed by atoms with E-state index in [4.69, 9.17) is 16.6 Å². The Morgan fingerprint density at radius 1 is 1.04 bits per heavy atom. The minimum atomic E-state index is 0.699. The van der Waals surface area contributed by atoms with Crippen LogP contribution in [0.1, 0.15) is 17.5 Å².